The summed E-state index contributed by atoms with van der Waals surface area (Å²) in [6, 6.07) is 0. The summed E-state index contributed by atoms with van der Waals surface area (Å²) in [6.07, 6.45) is 7.89. The number of ketones is 1. The smallest absolute Gasteiger partial charge is 0.223 e. The Labute approximate surface area is 97.0 Å². The van der Waals surface area contributed by atoms with Gasteiger partial charge in [-0.1, -0.05) is 12.8 Å². The summed E-state index contributed by atoms with van der Waals surface area (Å²) in [5, 5.41) is 3.06. The molecule has 0 aliphatic heterocycles. The quantitative estimate of drug-likeness (QED) is 0.796. The van der Waals surface area contributed by atoms with Crippen LogP contribution in [0.5, 0.6) is 0 Å². The van der Waals surface area contributed by atoms with E-state index in [0.717, 1.165) is 19.4 Å². The van der Waals surface area contributed by atoms with Crippen molar-refractivity contribution in [1.82, 2.24) is 5.32 Å². The summed E-state index contributed by atoms with van der Waals surface area (Å²) in [6.45, 7) is 0.850. The van der Waals surface area contributed by atoms with E-state index in [4.69, 9.17) is 0 Å². The lowest BCUT2D eigenvalue weighted by Crippen LogP contribution is -2.35. The zero-order chi connectivity index (χ0) is 11.4. The highest BCUT2D eigenvalue weighted by atomic mass is 16.2. The van der Waals surface area contributed by atoms with Gasteiger partial charge in [0.15, 0.2) is 0 Å². The van der Waals surface area contributed by atoms with Gasteiger partial charge in [0.25, 0.3) is 0 Å². The molecule has 3 heteroatoms. The molecule has 3 nitrogen and oxygen atoms in total. The van der Waals surface area contributed by atoms with Crippen LogP contribution in [0.2, 0.25) is 0 Å². The van der Waals surface area contributed by atoms with Crippen LogP contribution in [0.3, 0.4) is 0 Å². The van der Waals surface area contributed by atoms with Gasteiger partial charge >= 0.3 is 0 Å². The van der Waals surface area contributed by atoms with Gasteiger partial charge in [0, 0.05) is 25.3 Å². The molecular weight excluding hydrogens is 202 g/mol. The van der Waals surface area contributed by atoms with Gasteiger partial charge in [-0.15, -0.1) is 0 Å². The van der Waals surface area contributed by atoms with Gasteiger partial charge in [-0.3, -0.25) is 9.59 Å². The summed E-state index contributed by atoms with van der Waals surface area (Å²) in [7, 11) is 0. The number of Topliss-reactive ketones (excluding diaryl/α,β-unsaturated/α-hetero) is 1. The van der Waals surface area contributed by atoms with Crippen LogP contribution in [0.25, 0.3) is 0 Å². The fraction of sp³-hybridized carbons (Fsp3) is 0.846. The Morgan fingerprint density at radius 2 is 1.75 bits per heavy atom. The third kappa shape index (κ3) is 3.06. The van der Waals surface area contributed by atoms with E-state index in [2.05, 4.69) is 5.32 Å². The van der Waals surface area contributed by atoms with Crippen LogP contribution in [-0.2, 0) is 9.59 Å². The number of hydrogen-bond donors (Lipinski definition) is 1. The summed E-state index contributed by atoms with van der Waals surface area (Å²) >= 11 is 0. The Balaban J connectivity index is 1.68. The molecule has 0 atom stereocenters. The van der Waals surface area contributed by atoms with Crippen molar-refractivity contribution in [3.8, 4) is 0 Å². The van der Waals surface area contributed by atoms with Crippen molar-refractivity contribution in [2.75, 3.05) is 6.54 Å². The van der Waals surface area contributed by atoms with Crippen molar-refractivity contribution in [3.05, 3.63) is 0 Å². The molecule has 2 aliphatic carbocycles. The normalized spacial score (nSPS) is 23.6. The molecule has 2 fully saturated rings. The molecule has 0 aromatic rings. The zero-order valence-corrected chi connectivity index (χ0v) is 9.84. The largest absolute Gasteiger partial charge is 0.356 e. The van der Waals surface area contributed by atoms with Gasteiger partial charge in [0.1, 0.15) is 5.78 Å². The lowest BCUT2D eigenvalue weighted by molar-refractivity contribution is -0.128. The Morgan fingerprint density at radius 3 is 2.38 bits per heavy atom. The Hall–Kier alpha value is -0.860. The van der Waals surface area contributed by atoms with Crippen LogP contribution in [-0.4, -0.2) is 18.2 Å². The van der Waals surface area contributed by atoms with Crippen LogP contribution < -0.4 is 5.32 Å². The molecule has 0 spiro atoms. The number of carbonyl (C=O) groups is 2. The summed E-state index contributed by atoms with van der Waals surface area (Å²) in [5.74, 6) is 1.30. The van der Waals surface area contributed by atoms with E-state index in [1.54, 1.807) is 0 Å². The molecule has 90 valence electrons. The Bertz CT molecular complexity index is 259. The van der Waals surface area contributed by atoms with Crippen LogP contribution >= 0.6 is 0 Å². The highest BCUT2D eigenvalue weighted by molar-refractivity contribution is 5.84. The van der Waals surface area contributed by atoms with Crippen LogP contribution in [0.1, 0.15) is 51.4 Å². The van der Waals surface area contributed by atoms with Gasteiger partial charge in [-0.2, -0.15) is 0 Å². The first-order valence-electron chi connectivity index (χ1n) is 6.55. The van der Waals surface area contributed by atoms with Gasteiger partial charge in [0.05, 0.1) is 0 Å². The second-order valence-electron chi connectivity index (χ2n) is 5.21. The molecule has 2 rings (SSSR count). The lowest BCUT2D eigenvalue weighted by Gasteiger charge is -2.21. The van der Waals surface area contributed by atoms with Crippen LogP contribution in [0, 0.1) is 11.8 Å². The molecule has 1 N–H and O–H groups in total. The fourth-order valence-electron chi connectivity index (χ4n) is 2.81. The first-order valence-corrected chi connectivity index (χ1v) is 6.55. The number of rotatable bonds is 3. The molecule has 0 unspecified atom stereocenters. The van der Waals surface area contributed by atoms with Crippen LogP contribution in [0.4, 0.5) is 0 Å². The van der Waals surface area contributed by atoms with Gasteiger partial charge in [-0.05, 0) is 31.6 Å². The van der Waals surface area contributed by atoms with Crippen LogP contribution in [0.15, 0.2) is 0 Å². The molecule has 2 aliphatic rings. The average molecular weight is 223 g/mol. The maximum absolute atomic E-state index is 11.8. The highest BCUT2D eigenvalue weighted by Crippen LogP contribution is 2.25. The van der Waals surface area contributed by atoms with E-state index in [0.29, 0.717) is 24.5 Å². The van der Waals surface area contributed by atoms with E-state index < -0.39 is 0 Å². The SMILES string of the molecule is O=C1CCC(C(=O)NCC2CCCC2)CC1. The number of carbonyl (C=O) groups excluding carboxylic acids is 2. The first-order chi connectivity index (χ1) is 7.75. The molecule has 0 heterocycles. The number of amides is 1. The first kappa shape index (κ1) is 11.6. The molecule has 0 aromatic carbocycles. The third-order valence-electron chi connectivity index (χ3n) is 3.95. The van der Waals surface area contributed by atoms with Gasteiger partial charge in [-0.25, -0.2) is 0 Å². The second kappa shape index (κ2) is 5.46. The minimum atomic E-state index is 0.0964. The number of nitrogens with one attached hydrogen (secondary N) is 1. The maximum atomic E-state index is 11.8. The standard InChI is InChI=1S/C13H21NO2/c15-12-7-5-11(6-8-12)13(16)14-9-10-3-1-2-4-10/h10-11H,1-9H2,(H,14,16). The van der Waals surface area contributed by atoms with E-state index in [1.807, 2.05) is 0 Å². The summed E-state index contributed by atoms with van der Waals surface area (Å²) < 4.78 is 0. The third-order valence-corrected chi connectivity index (χ3v) is 3.95. The molecule has 2 saturated carbocycles. The van der Waals surface area contributed by atoms with E-state index in [9.17, 15) is 9.59 Å². The molecule has 1 amide bonds. The topological polar surface area (TPSA) is 46.2 Å². The molecule has 0 bridgehead atoms. The monoisotopic (exact) mass is 223 g/mol. The molecule has 0 aromatic heterocycles. The molecule has 0 radical (unpaired) electrons. The van der Waals surface area contributed by atoms with Crippen molar-refractivity contribution in [3.63, 3.8) is 0 Å². The van der Waals surface area contributed by atoms with E-state index in [1.165, 1.54) is 25.7 Å². The average Bonchev–Trinajstić information content (AvgIpc) is 2.80. The summed E-state index contributed by atoms with van der Waals surface area (Å²) in [4.78, 5) is 22.9. The maximum Gasteiger partial charge on any atom is 0.223 e. The van der Waals surface area contributed by atoms with Gasteiger partial charge in [0.2, 0.25) is 5.91 Å². The molecule has 16 heavy (non-hydrogen) atoms. The highest BCUT2D eigenvalue weighted by Gasteiger charge is 2.25. The van der Waals surface area contributed by atoms with Crippen molar-refractivity contribution < 1.29 is 9.59 Å². The predicted molar refractivity (Wildman–Crippen MR) is 61.9 cm³/mol. The molecular formula is C13H21NO2. The zero-order valence-electron chi connectivity index (χ0n) is 9.84. The minimum absolute atomic E-state index is 0.0964. The van der Waals surface area contributed by atoms with Crippen molar-refractivity contribution in [1.29, 1.82) is 0 Å². The predicted octanol–water partition coefficient (Wildman–Crippen LogP) is 2.05. The van der Waals surface area contributed by atoms with Crippen molar-refractivity contribution >= 4 is 11.7 Å². The molecule has 0 saturated heterocycles. The van der Waals surface area contributed by atoms with Crippen molar-refractivity contribution in [2.24, 2.45) is 11.8 Å². The summed E-state index contributed by atoms with van der Waals surface area (Å²) in [5.41, 5.74) is 0. The fourth-order valence-corrected chi connectivity index (χ4v) is 2.81. The van der Waals surface area contributed by atoms with E-state index >= 15 is 0 Å². The minimum Gasteiger partial charge on any atom is -0.356 e. The van der Waals surface area contributed by atoms with E-state index in [-0.39, 0.29) is 11.8 Å². The Morgan fingerprint density at radius 1 is 1.12 bits per heavy atom. The lowest BCUT2D eigenvalue weighted by atomic mass is 9.88. The Kier molecular flexibility index (Phi) is 3.97. The van der Waals surface area contributed by atoms with Gasteiger partial charge < -0.3 is 5.32 Å². The number of hydrogen-bond acceptors (Lipinski definition) is 2. The second-order valence-corrected chi connectivity index (χ2v) is 5.21. The van der Waals surface area contributed by atoms with Crippen molar-refractivity contribution in [2.45, 2.75) is 51.4 Å².